The molecule has 1 N–H and O–H groups in total. The molecule has 0 saturated heterocycles. The van der Waals surface area contributed by atoms with Crippen molar-refractivity contribution in [3.63, 3.8) is 0 Å². The molecule has 1 aromatic carbocycles. The highest BCUT2D eigenvalue weighted by Gasteiger charge is 2.13. The Kier molecular flexibility index (Phi) is 4.84. The van der Waals surface area contributed by atoms with Gasteiger partial charge in [-0.05, 0) is 29.3 Å². The van der Waals surface area contributed by atoms with E-state index in [4.69, 9.17) is 0 Å². The third-order valence-corrected chi connectivity index (χ3v) is 4.69. The van der Waals surface area contributed by atoms with E-state index < -0.39 is 0 Å². The minimum Gasteiger partial charge on any atom is -0.302 e. The molecule has 0 bridgehead atoms. The number of rotatable bonds is 6. The number of aryl methyl sites for hydroxylation is 2. The Morgan fingerprint density at radius 2 is 1.96 bits per heavy atom. The lowest BCUT2D eigenvalue weighted by Gasteiger charge is -2.09. The Morgan fingerprint density at radius 3 is 2.68 bits per heavy atom. The Hall–Kier alpha value is -3.55. The normalized spacial score (nSPS) is 11.1. The largest absolute Gasteiger partial charge is 0.328 e. The summed E-state index contributed by atoms with van der Waals surface area (Å²) in [6.45, 7) is 2.67. The first kappa shape index (κ1) is 17.8. The van der Waals surface area contributed by atoms with E-state index >= 15 is 0 Å². The molecule has 3 heterocycles. The van der Waals surface area contributed by atoms with Crippen molar-refractivity contribution in [2.45, 2.75) is 26.3 Å². The first-order valence-electron chi connectivity index (χ1n) is 9.20. The van der Waals surface area contributed by atoms with Crippen LogP contribution in [-0.2, 0) is 20.0 Å². The van der Waals surface area contributed by atoms with Crippen molar-refractivity contribution in [1.29, 1.82) is 0 Å². The molecule has 0 aliphatic heterocycles. The summed E-state index contributed by atoms with van der Waals surface area (Å²) in [5, 5.41) is 14.2. The Bertz CT molecular complexity index is 1120. The van der Waals surface area contributed by atoms with Crippen LogP contribution in [0.3, 0.4) is 0 Å². The molecular weight excluding hydrogens is 354 g/mol. The van der Waals surface area contributed by atoms with Crippen molar-refractivity contribution in [2.75, 3.05) is 0 Å². The van der Waals surface area contributed by atoms with Gasteiger partial charge in [0, 0.05) is 36.3 Å². The fraction of sp³-hybridized carbons (Fsp3) is 0.250. The SMILES string of the molecule is CCCc1cn(C)c(=O)n1Cc1ccc(-c2ncccc2-c2nn[nH]n2)cc1. The number of tetrazole rings is 1. The van der Waals surface area contributed by atoms with Crippen molar-refractivity contribution in [3.05, 3.63) is 70.5 Å². The molecule has 0 saturated carbocycles. The highest BCUT2D eigenvalue weighted by atomic mass is 16.1. The number of nitrogens with zero attached hydrogens (tertiary/aromatic N) is 6. The highest BCUT2D eigenvalue weighted by molar-refractivity contribution is 5.76. The van der Waals surface area contributed by atoms with Crippen LogP contribution in [-0.4, -0.2) is 34.7 Å². The van der Waals surface area contributed by atoms with Crippen LogP contribution in [0.1, 0.15) is 24.6 Å². The first-order chi connectivity index (χ1) is 13.7. The summed E-state index contributed by atoms with van der Waals surface area (Å²) in [5.74, 6) is 0.507. The Morgan fingerprint density at radius 1 is 1.14 bits per heavy atom. The van der Waals surface area contributed by atoms with Crippen LogP contribution in [0.15, 0.2) is 53.6 Å². The van der Waals surface area contributed by atoms with Gasteiger partial charge in [-0.2, -0.15) is 5.21 Å². The van der Waals surface area contributed by atoms with E-state index in [0.29, 0.717) is 12.4 Å². The third kappa shape index (κ3) is 3.36. The number of hydrogen-bond donors (Lipinski definition) is 1. The van der Waals surface area contributed by atoms with E-state index in [1.807, 2.05) is 47.2 Å². The number of nitrogens with one attached hydrogen (secondary N) is 1. The fourth-order valence-electron chi connectivity index (χ4n) is 3.33. The van der Waals surface area contributed by atoms with Gasteiger partial charge in [-0.3, -0.25) is 9.55 Å². The summed E-state index contributed by atoms with van der Waals surface area (Å²) < 4.78 is 3.48. The molecule has 142 valence electrons. The van der Waals surface area contributed by atoms with Gasteiger partial charge in [0.1, 0.15) is 0 Å². The molecule has 8 nitrogen and oxygen atoms in total. The lowest BCUT2D eigenvalue weighted by Crippen LogP contribution is -2.23. The van der Waals surface area contributed by atoms with Gasteiger partial charge in [0.05, 0.1) is 12.2 Å². The quantitative estimate of drug-likeness (QED) is 0.558. The van der Waals surface area contributed by atoms with Gasteiger partial charge in [0.15, 0.2) is 0 Å². The summed E-state index contributed by atoms with van der Waals surface area (Å²) in [4.78, 5) is 16.9. The second-order valence-electron chi connectivity index (χ2n) is 6.68. The van der Waals surface area contributed by atoms with Crippen molar-refractivity contribution in [1.82, 2.24) is 34.7 Å². The van der Waals surface area contributed by atoms with Crippen molar-refractivity contribution in [3.8, 4) is 22.6 Å². The van der Waals surface area contributed by atoms with Crippen molar-refractivity contribution < 1.29 is 0 Å². The van der Waals surface area contributed by atoms with Gasteiger partial charge in [0.2, 0.25) is 5.82 Å². The zero-order valence-corrected chi connectivity index (χ0v) is 15.8. The maximum atomic E-state index is 12.4. The molecular formula is C20H21N7O. The Labute approximate surface area is 161 Å². The van der Waals surface area contributed by atoms with E-state index in [9.17, 15) is 4.79 Å². The van der Waals surface area contributed by atoms with E-state index in [1.165, 1.54) is 0 Å². The molecule has 0 radical (unpaired) electrons. The monoisotopic (exact) mass is 375 g/mol. The molecule has 8 heteroatoms. The minimum absolute atomic E-state index is 0.0108. The second kappa shape index (κ2) is 7.59. The van der Waals surface area contributed by atoms with Crippen molar-refractivity contribution >= 4 is 0 Å². The van der Waals surface area contributed by atoms with Crippen LogP contribution >= 0.6 is 0 Å². The van der Waals surface area contributed by atoms with Crippen molar-refractivity contribution in [2.24, 2.45) is 7.05 Å². The zero-order valence-electron chi connectivity index (χ0n) is 15.8. The summed E-state index contributed by atoms with van der Waals surface area (Å²) in [6.07, 6.45) is 5.55. The average Bonchev–Trinajstić information content (AvgIpc) is 3.34. The van der Waals surface area contributed by atoms with E-state index in [2.05, 4.69) is 32.5 Å². The predicted octanol–water partition coefficient (Wildman–Crippen LogP) is 2.43. The topological polar surface area (TPSA) is 94.3 Å². The number of imidazole rings is 1. The lowest BCUT2D eigenvalue weighted by molar-refractivity contribution is 0.681. The molecule has 0 fully saturated rings. The first-order valence-corrected chi connectivity index (χ1v) is 9.20. The van der Waals surface area contributed by atoms with E-state index in [0.717, 1.165) is 40.9 Å². The molecule has 0 atom stereocenters. The lowest BCUT2D eigenvalue weighted by atomic mass is 10.0. The summed E-state index contributed by atoms with van der Waals surface area (Å²) in [5.41, 5.74) is 4.69. The fourth-order valence-corrected chi connectivity index (χ4v) is 3.33. The summed E-state index contributed by atoms with van der Waals surface area (Å²) in [6, 6.07) is 11.8. The number of hydrogen-bond acceptors (Lipinski definition) is 5. The second-order valence-corrected chi connectivity index (χ2v) is 6.68. The summed E-state index contributed by atoms with van der Waals surface area (Å²) >= 11 is 0. The highest BCUT2D eigenvalue weighted by Crippen LogP contribution is 2.27. The average molecular weight is 375 g/mol. The number of aromatic amines is 1. The maximum absolute atomic E-state index is 12.4. The van der Waals surface area contributed by atoms with Crippen LogP contribution in [0.5, 0.6) is 0 Å². The van der Waals surface area contributed by atoms with Crippen LogP contribution in [0.25, 0.3) is 22.6 Å². The van der Waals surface area contributed by atoms with Crippen LogP contribution in [0.2, 0.25) is 0 Å². The number of aromatic nitrogens is 7. The molecule has 4 aromatic rings. The van der Waals surface area contributed by atoms with Gasteiger partial charge in [-0.1, -0.05) is 37.6 Å². The number of benzene rings is 1. The van der Waals surface area contributed by atoms with Crippen LogP contribution in [0, 0.1) is 0 Å². The third-order valence-electron chi connectivity index (χ3n) is 4.69. The van der Waals surface area contributed by atoms with Gasteiger partial charge in [0.25, 0.3) is 0 Å². The van der Waals surface area contributed by atoms with E-state index in [-0.39, 0.29) is 5.69 Å². The Balaban J connectivity index is 1.64. The maximum Gasteiger partial charge on any atom is 0.328 e. The number of H-pyrrole nitrogens is 1. The van der Waals surface area contributed by atoms with Gasteiger partial charge < -0.3 is 4.57 Å². The molecule has 3 aromatic heterocycles. The molecule has 28 heavy (non-hydrogen) atoms. The molecule has 0 unspecified atom stereocenters. The van der Waals surface area contributed by atoms with Gasteiger partial charge >= 0.3 is 5.69 Å². The van der Waals surface area contributed by atoms with Gasteiger partial charge in [-0.25, -0.2) is 4.79 Å². The molecule has 0 amide bonds. The van der Waals surface area contributed by atoms with E-state index in [1.54, 1.807) is 17.8 Å². The molecule has 0 aliphatic carbocycles. The molecule has 0 spiro atoms. The van der Waals surface area contributed by atoms with Crippen LogP contribution in [0.4, 0.5) is 0 Å². The molecule has 0 aliphatic rings. The predicted molar refractivity (Wildman–Crippen MR) is 106 cm³/mol. The standard InChI is InChI=1S/C20H21N7O/c1-3-5-16-13-26(2)20(28)27(16)12-14-7-9-15(10-8-14)18-17(6-4-11-21-18)19-22-24-25-23-19/h4,6-11,13H,3,5,12H2,1-2H3,(H,22,23,24,25). The number of pyridine rings is 1. The summed E-state index contributed by atoms with van der Waals surface area (Å²) in [7, 11) is 1.79. The van der Waals surface area contributed by atoms with Gasteiger partial charge in [-0.15, -0.1) is 10.2 Å². The van der Waals surface area contributed by atoms with Crippen LogP contribution < -0.4 is 5.69 Å². The minimum atomic E-state index is 0.0108. The smallest absolute Gasteiger partial charge is 0.302 e. The molecule has 4 rings (SSSR count). The zero-order chi connectivity index (χ0) is 19.5.